The molecule has 1 saturated heterocycles. The summed E-state index contributed by atoms with van der Waals surface area (Å²) in [4.78, 5) is 13.4. The third-order valence-electron chi connectivity index (χ3n) is 4.05. The third-order valence-corrected chi connectivity index (χ3v) is 4.39. The Balaban J connectivity index is 1.67. The number of primary amides is 1. The number of ether oxygens (including phenoxy) is 1. The SMILES string of the molecule is NC(=O)c1ccc(CN2CCO[C@H](c3ccccc3Cl)C2)cc1. The van der Waals surface area contributed by atoms with Gasteiger partial charge in [0.1, 0.15) is 0 Å². The van der Waals surface area contributed by atoms with Crippen LogP contribution in [0.4, 0.5) is 0 Å². The predicted molar refractivity (Wildman–Crippen MR) is 90.4 cm³/mol. The Morgan fingerprint density at radius 3 is 2.65 bits per heavy atom. The van der Waals surface area contributed by atoms with E-state index in [2.05, 4.69) is 4.90 Å². The molecule has 2 N–H and O–H groups in total. The summed E-state index contributed by atoms with van der Waals surface area (Å²) < 4.78 is 5.88. The van der Waals surface area contributed by atoms with Gasteiger partial charge >= 0.3 is 0 Å². The molecule has 0 saturated carbocycles. The van der Waals surface area contributed by atoms with Crippen LogP contribution in [0.1, 0.15) is 27.6 Å². The first-order valence-electron chi connectivity index (χ1n) is 7.60. The Hall–Kier alpha value is -1.88. The van der Waals surface area contributed by atoms with Crippen LogP contribution in [0.25, 0.3) is 0 Å². The molecule has 5 heteroatoms. The van der Waals surface area contributed by atoms with Gasteiger partial charge in [-0.15, -0.1) is 0 Å². The van der Waals surface area contributed by atoms with Gasteiger partial charge in [0.15, 0.2) is 0 Å². The van der Waals surface area contributed by atoms with Gasteiger partial charge in [-0.3, -0.25) is 9.69 Å². The minimum Gasteiger partial charge on any atom is -0.371 e. The number of carbonyl (C=O) groups excluding carboxylic acids is 1. The van der Waals surface area contributed by atoms with Crippen molar-refractivity contribution in [1.29, 1.82) is 0 Å². The molecule has 2 aromatic rings. The maximum absolute atomic E-state index is 11.1. The number of morpholine rings is 1. The standard InChI is InChI=1S/C18H19ClN2O2/c19-16-4-2-1-3-15(16)17-12-21(9-10-23-17)11-13-5-7-14(8-6-13)18(20)22/h1-8,17H,9-12H2,(H2,20,22)/t17-/m0/s1. The lowest BCUT2D eigenvalue weighted by Crippen LogP contribution is -2.37. The van der Waals surface area contributed by atoms with Crippen LogP contribution in [-0.2, 0) is 11.3 Å². The molecule has 1 heterocycles. The summed E-state index contributed by atoms with van der Waals surface area (Å²) in [5, 5.41) is 0.741. The van der Waals surface area contributed by atoms with Gasteiger partial charge in [-0.05, 0) is 23.8 Å². The van der Waals surface area contributed by atoms with E-state index in [1.807, 2.05) is 36.4 Å². The molecular formula is C18H19ClN2O2. The lowest BCUT2D eigenvalue weighted by atomic mass is 10.1. The molecular weight excluding hydrogens is 312 g/mol. The Labute approximate surface area is 140 Å². The molecule has 1 aliphatic heterocycles. The molecule has 0 radical (unpaired) electrons. The molecule has 23 heavy (non-hydrogen) atoms. The maximum atomic E-state index is 11.1. The molecule has 1 amide bonds. The van der Waals surface area contributed by atoms with E-state index in [9.17, 15) is 4.79 Å². The van der Waals surface area contributed by atoms with Crippen molar-refractivity contribution in [3.05, 3.63) is 70.2 Å². The van der Waals surface area contributed by atoms with E-state index < -0.39 is 5.91 Å². The number of nitrogens with zero attached hydrogens (tertiary/aromatic N) is 1. The highest BCUT2D eigenvalue weighted by atomic mass is 35.5. The zero-order valence-corrected chi connectivity index (χ0v) is 13.5. The molecule has 0 aliphatic carbocycles. The number of halogens is 1. The molecule has 0 bridgehead atoms. The van der Waals surface area contributed by atoms with Crippen molar-refractivity contribution in [2.24, 2.45) is 5.73 Å². The minimum absolute atomic E-state index is 0.0117. The summed E-state index contributed by atoms with van der Waals surface area (Å²) in [6.07, 6.45) is -0.0117. The van der Waals surface area contributed by atoms with Crippen LogP contribution in [0.15, 0.2) is 48.5 Å². The molecule has 0 spiro atoms. The topological polar surface area (TPSA) is 55.6 Å². The van der Waals surface area contributed by atoms with Crippen LogP contribution in [0.2, 0.25) is 5.02 Å². The molecule has 3 rings (SSSR count). The number of hydrogen-bond donors (Lipinski definition) is 1. The largest absolute Gasteiger partial charge is 0.371 e. The van der Waals surface area contributed by atoms with E-state index in [4.69, 9.17) is 22.1 Å². The number of amides is 1. The van der Waals surface area contributed by atoms with Gasteiger partial charge < -0.3 is 10.5 Å². The maximum Gasteiger partial charge on any atom is 0.248 e. The Morgan fingerprint density at radius 2 is 1.96 bits per heavy atom. The number of carbonyl (C=O) groups is 1. The minimum atomic E-state index is -0.401. The van der Waals surface area contributed by atoms with Crippen molar-refractivity contribution < 1.29 is 9.53 Å². The fourth-order valence-electron chi connectivity index (χ4n) is 2.80. The number of nitrogens with two attached hydrogens (primary N) is 1. The normalized spacial score (nSPS) is 18.7. The van der Waals surface area contributed by atoms with Crippen LogP contribution in [0.5, 0.6) is 0 Å². The van der Waals surface area contributed by atoms with Gasteiger partial charge in [0, 0.05) is 35.8 Å². The molecule has 120 valence electrons. The second-order valence-electron chi connectivity index (χ2n) is 5.68. The first-order chi connectivity index (χ1) is 11.1. The summed E-state index contributed by atoms with van der Waals surface area (Å²) in [6.45, 7) is 3.15. The van der Waals surface area contributed by atoms with Crippen LogP contribution in [0.3, 0.4) is 0 Å². The number of benzene rings is 2. The Morgan fingerprint density at radius 1 is 1.22 bits per heavy atom. The zero-order valence-electron chi connectivity index (χ0n) is 12.7. The van der Waals surface area contributed by atoms with E-state index in [0.29, 0.717) is 12.2 Å². The van der Waals surface area contributed by atoms with E-state index in [1.54, 1.807) is 12.1 Å². The number of rotatable bonds is 4. The predicted octanol–water partition coefficient (Wildman–Crippen LogP) is 3.01. The second-order valence-corrected chi connectivity index (χ2v) is 6.08. The van der Waals surface area contributed by atoms with Crippen LogP contribution in [-0.4, -0.2) is 30.5 Å². The highest BCUT2D eigenvalue weighted by Crippen LogP contribution is 2.28. The summed E-state index contributed by atoms with van der Waals surface area (Å²) in [5.41, 5.74) is 7.98. The number of hydrogen-bond acceptors (Lipinski definition) is 3. The second kappa shape index (κ2) is 7.13. The van der Waals surface area contributed by atoms with E-state index in [-0.39, 0.29) is 6.10 Å². The molecule has 1 fully saturated rings. The van der Waals surface area contributed by atoms with E-state index >= 15 is 0 Å². The molecule has 4 nitrogen and oxygen atoms in total. The molecule has 1 atom stereocenters. The molecule has 2 aromatic carbocycles. The van der Waals surface area contributed by atoms with Gasteiger partial charge in [-0.25, -0.2) is 0 Å². The summed E-state index contributed by atoms with van der Waals surface area (Å²) in [7, 11) is 0. The summed E-state index contributed by atoms with van der Waals surface area (Å²) >= 11 is 6.27. The highest BCUT2D eigenvalue weighted by molar-refractivity contribution is 6.31. The van der Waals surface area contributed by atoms with Crippen molar-refractivity contribution in [3.63, 3.8) is 0 Å². The lowest BCUT2D eigenvalue weighted by molar-refractivity contribution is -0.0328. The van der Waals surface area contributed by atoms with Gasteiger partial charge in [0.25, 0.3) is 0 Å². The molecule has 1 aliphatic rings. The van der Waals surface area contributed by atoms with Crippen molar-refractivity contribution in [3.8, 4) is 0 Å². The third kappa shape index (κ3) is 3.91. The van der Waals surface area contributed by atoms with Crippen molar-refractivity contribution in [2.75, 3.05) is 19.7 Å². The van der Waals surface area contributed by atoms with Crippen LogP contribution >= 0.6 is 11.6 Å². The van der Waals surface area contributed by atoms with Gasteiger partial charge in [-0.2, -0.15) is 0 Å². The van der Waals surface area contributed by atoms with Crippen LogP contribution < -0.4 is 5.73 Å². The first kappa shape index (κ1) is 16.0. The summed E-state index contributed by atoms with van der Waals surface area (Å²) in [5.74, 6) is -0.401. The van der Waals surface area contributed by atoms with Crippen molar-refractivity contribution >= 4 is 17.5 Å². The van der Waals surface area contributed by atoms with Gasteiger partial charge in [-0.1, -0.05) is 41.9 Å². The Kier molecular flexibility index (Phi) is 4.96. The zero-order chi connectivity index (χ0) is 16.2. The fourth-order valence-corrected chi connectivity index (χ4v) is 3.06. The highest BCUT2D eigenvalue weighted by Gasteiger charge is 2.23. The van der Waals surface area contributed by atoms with E-state index in [1.165, 1.54) is 0 Å². The Bertz CT molecular complexity index is 688. The van der Waals surface area contributed by atoms with Crippen molar-refractivity contribution in [2.45, 2.75) is 12.6 Å². The average Bonchev–Trinajstić information content (AvgIpc) is 2.56. The average molecular weight is 331 g/mol. The smallest absolute Gasteiger partial charge is 0.248 e. The quantitative estimate of drug-likeness (QED) is 0.937. The fraction of sp³-hybridized carbons (Fsp3) is 0.278. The van der Waals surface area contributed by atoms with Gasteiger partial charge in [0.05, 0.1) is 12.7 Å². The van der Waals surface area contributed by atoms with E-state index in [0.717, 1.165) is 35.8 Å². The van der Waals surface area contributed by atoms with Crippen LogP contribution in [0, 0.1) is 0 Å². The summed E-state index contributed by atoms with van der Waals surface area (Å²) in [6, 6.07) is 15.2. The lowest BCUT2D eigenvalue weighted by Gasteiger charge is -2.33. The first-order valence-corrected chi connectivity index (χ1v) is 7.98. The molecule has 0 unspecified atom stereocenters. The molecule has 0 aromatic heterocycles. The van der Waals surface area contributed by atoms with Gasteiger partial charge in [0.2, 0.25) is 5.91 Å². The monoisotopic (exact) mass is 330 g/mol. The van der Waals surface area contributed by atoms with Crippen molar-refractivity contribution in [1.82, 2.24) is 4.90 Å².